The quantitative estimate of drug-likeness (QED) is 0.805. The molecule has 2 aliphatic heterocycles. The van der Waals surface area contributed by atoms with Crippen LogP contribution in [0.3, 0.4) is 0 Å². The molecule has 1 aliphatic carbocycles. The molecule has 2 N–H and O–H groups in total. The number of rotatable bonds is 3. The van der Waals surface area contributed by atoms with Crippen molar-refractivity contribution in [2.24, 2.45) is 11.7 Å². The Labute approximate surface area is 108 Å². The molecule has 0 aromatic heterocycles. The Morgan fingerprint density at radius 2 is 2.00 bits per heavy atom. The molecule has 5 nitrogen and oxygen atoms in total. The van der Waals surface area contributed by atoms with Gasteiger partial charge in [0.25, 0.3) is 0 Å². The van der Waals surface area contributed by atoms with Crippen LogP contribution in [0.25, 0.3) is 0 Å². The van der Waals surface area contributed by atoms with E-state index in [1.165, 1.54) is 0 Å². The molecule has 0 amide bonds. The summed E-state index contributed by atoms with van der Waals surface area (Å²) in [6.45, 7) is 3.81. The van der Waals surface area contributed by atoms with Crippen LogP contribution in [0.5, 0.6) is 0 Å². The fraction of sp³-hybridized carbons (Fsp3) is 1.00. The zero-order valence-electron chi connectivity index (χ0n) is 10.8. The monoisotopic (exact) mass is 257 g/mol. The Hall–Kier alpha value is -0.200. The number of nitrogens with two attached hydrogens (primary N) is 1. The molecule has 1 spiro atoms. The van der Waals surface area contributed by atoms with Gasteiger partial charge in [0.2, 0.25) is 0 Å². The summed E-state index contributed by atoms with van der Waals surface area (Å²) in [6.07, 6.45) is 3.71. The third-order valence-electron chi connectivity index (χ3n) is 4.23. The van der Waals surface area contributed by atoms with E-state index >= 15 is 0 Å². The van der Waals surface area contributed by atoms with E-state index in [1.807, 2.05) is 0 Å². The van der Waals surface area contributed by atoms with Crippen molar-refractivity contribution in [3.05, 3.63) is 0 Å². The van der Waals surface area contributed by atoms with Crippen molar-refractivity contribution < 1.29 is 18.9 Å². The largest absolute Gasteiger partial charge is 0.381 e. The molecular weight excluding hydrogens is 234 g/mol. The van der Waals surface area contributed by atoms with E-state index in [9.17, 15) is 0 Å². The Morgan fingerprint density at radius 1 is 1.17 bits per heavy atom. The number of hydrogen-bond donors (Lipinski definition) is 1. The average molecular weight is 257 g/mol. The van der Waals surface area contributed by atoms with Crippen molar-refractivity contribution in [3.63, 3.8) is 0 Å². The van der Waals surface area contributed by atoms with Crippen molar-refractivity contribution in [2.45, 2.75) is 43.6 Å². The van der Waals surface area contributed by atoms with Gasteiger partial charge in [0.15, 0.2) is 5.79 Å². The van der Waals surface area contributed by atoms with E-state index < -0.39 is 5.79 Å². The predicted molar refractivity (Wildman–Crippen MR) is 65.1 cm³/mol. The lowest BCUT2D eigenvalue weighted by Crippen LogP contribution is -2.50. The standard InChI is InChI=1S/C13H23NO4/c14-11-1-3-13(17-5-6-18-13)7-12(11)16-9-10-2-4-15-8-10/h10-12H,1-9,14H2. The summed E-state index contributed by atoms with van der Waals surface area (Å²) in [5.41, 5.74) is 6.15. The molecule has 1 saturated carbocycles. The molecular formula is C13H23NO4. The molecule has 5 heteroatoms. The minimum atomic E-state index is -0.410. The highest BCUT2D eigenvalue weighted by molar-refractivity contribution is 4.91. The van der Waals surface area contributed by atoms with Crippen LogP contribution in [0.4, 0.5) is 0 Å². The highest BCUT2D eigenvalue weighted by Gasteiger charge is 2.44. The third-order valence-corrected chi connectivity index (χ3v) is 4.23. The van der Waals surface area contributed by atoms with Gasteiger partial charge in [-0.15, -0.1) is 0 Å². The maximum atomic E-state index is 6.15. The first-order chi connectivity index (χ1) is 8.77. The zero-order valence-corrected chi connectivity index (χ0v) is 10.8. The van der Waals surface area contributed by atoms with E-state index in [2.05, 4.69) is 0 Å². The van der Waals surface area contributed by atoms with Gasteiger partial charge in [0, 0.05) is 31.4 Å². The van der Waals surface area contributed by atoms with Crippen LogP contribution >= 0.6 is 0 Å². The lowest BCUT2D eigenvalue weighted by Gasteiger charge is -2.39. The van der Waals surface area contributed by atoms with Crippen molar-refractivity contribution in [1.29, 1.82) is 0 Å². The van der Waals surface area contributed by atoms with Gasteiger partial charge in [0.05, 0.1) is 32.5 Å². The van der Waals surface area contributed by atoms with E-state index in [4.69, 9.17) is 24.7 Å². The SMILES string of the molecule is NC1CCC2(CC1OCC1CCOC1)OCCO2. The maximum Gasteiger partial charge on any atom is 0.171 e. The van der Waals surface area contributed by atoms with Crippen molar-refractivity contribution in [2.75, 3.05) is 33.0 Å². The summed E-state index contributed by atoms with van der Waals surface area (Å²) in [4.78, 5) is 0. The molecule has 18 heavy (non-hydrogen) atoms. The van der Waals surface area contributed by atoms with Gasteiger partial charge in [0.1, 0.15) is 0 Å². The third kappa shape index (κ3) is 2.70. The average Bonchev–Trinajstić information content (AvgIpc) is 3.03. The van der Waals surface area contributed by atoms with Crippen LogP contribution in [0, 0.1) is 5.92 Å². The topological polar surface area (TPSA) is 62.9 Å². The van der Waals surface area contributed by atoms with Crippen LogP contribution < -0.4 is 5.73 Å². The van der Waals surface area contributed by atoms with Gasteiger partial charge in [-0.2, -0.15) is 0 Å². The summed E-state index contributed by atoms with van der Waals surface area (Å²) in [5, 5.41) is 0. The first-order valence-electron chi connectivity index (χ1n) is 7.00. The molecule has 3 unspecified atom stereocenters. The minimum Gasteiger partial charge on any atom is -0.381 e. The second-order valence-electron chi connectivity index (χ2n) is 5.62. The highest BCUT2D eigenvalue weighted by atomic mass is 16.7. The second kappa shape index (κ2) is 5.43. The molecule has 104 valence electrons. The normalized spacial score (nSPS) is 39.5. The van der Waals surface area contributed by atoms with Crippen molar-refractivity contribution in [3.8, 4) is 0 Å². The van der Waals surface area contributed by atoms with Gasteiger partial charge >= 0.3 is 0 Å². The molecule has 0 bridgehead atoms. The lowest BCUT2D eigenvalue weighted by molar-refractivity contribution is -0.206. The molecule has 3 fully saturated rings. The van der Waals surface area contributed by atoms with E-state index in [0.29, 0.717) is 19.1 Å². The Bertz CT molecular complexity index is 274. The summed E-state index contributed by atoms with van der Waals surface area (Å²) in [6, 6.07) is 0.103. The Kier molecular flexibility index (Phi) is 3.86. The molecule has 2 saturated heterocycles. The van der Waals surface area contributed by atoms with E-state index in [-0.39, 0.29) is 12.1 Å². The van der Waals surface area contributed by atoms with E-state index in [1.54, 1.807) is 0 Å². The van der Waals surface area contributed by atoms with E-state index in [0.717, 1.165) is 45.5 Å². The number of hydrogen-bond acceptors (Lipinski definition) is 5. The fourth-order valence-electron chi connectivity index (χ4n) is 3.05. The molecule has 0 aromatic rings. The molecule has 2 heterocycles. The van der Waals surface area contributed by atoms with Crippen LogP contribution in [-0.4, -0.2) is 51.0 Å². The summed E-state index contributed by atoms with van der Waals surface area (Å²) in [5.74, 6) is 0.118. The fourth-order valence-corrected chi connectivity index (χ4v) is 3.05. The first kappa shape index (κ1) is 12.8. The van der Waals surface area contributed by atoms with Gasteiger partial charge < -0.3 is 24.7 Å². The first-order valence-corrected chi connectivity index (χ1v) is 7.00. The van der Waals surface area contributed by atoms with Crippen LogP contribution in [0.1, 0.15) is 25.7 Å². The lowest BCUT2D eigenvalue weighted by atomic mass is 9.88. The van der Waals surface area contributed by atoms with Crippen molar-refractivity contribution in [1.82, 2.24) is 0 Å². The number of ether oxygens (including phenoxy) is 4. The Morgan fingerprint density at radius 3 is 2.72 bits per heavy atom. The Balaban J connectivity index is 1.52. The molecule has 0 aromatic carbocycles. The highest BCUT2D eigenvalue weighted by Crippen LogP contribution is 2.36. The summed E-state index contributed by atoms with van der Waals surface area (Å²) >= 11 is 0. The molecule has 3 aliphatic rings. The van der Waals surface area contributed by atoms with Crippen LogP contribution in [0.2, 0.25) is 0 Å². The summed E-state index contributed by atoms with van der Waals surface area (Å²) in [7, 11) is 0. The second-order valence-corrected chi connectivity index (χ2v) is 5.62. The van der Waals surface area contributed by atoms with Gasteiger partial charge in [-0.25, -0.2) is 0 Å². The predicted octanol–water partition coefficient (Wildman–Crippen LogP) is 0.662. The zero-order chi connectivity index (χ0) is 12.4. The van der Waals surface area contributed by atoms with Gasteiger partial charge in [-0.05, 0) is 12.8 Å². The van der Waals surface area contributed by atoms with Crippen molar-refractivity contribution >= 4 is 0 Å². The molecule has 3 atom stereocenters. The van der Waals surface area contributed by atoms with Crippen LogP contribution in [0.15, 0.2) is 0 Å². The van der Waals surface area contributed by atoms with Crippen LogP contribution in [-0.2, 0) is 18.9 Å². The molecule has 0 radical (unpaired) electrons. The van der Waals surface area contributed by atoms with Gasteiger partial charge in [-0.3, -0.25) is 0 Å². The maximum absolute atomic E-state index is 6.15. The minimum absolute atomic E-state index is 0.0532. The summed E-state index contributed by atoms with van der Waals surface area (Å²) < 4.78 is 22.9. The molecule has 3 rings (SSSR count). The van der Waals surface area contributed by atoms with Gasteiger partial charge in [-0.1, -0.05) is 0 Å². The smallest absolute Gasteiger partial charge is 0.171 e.